The van der Waals surface area contributed by atoms with E-state index in [2.05, 4.69) is 4.98 Å². The molecule has 1 aromatic heterocycles. The highest BCUT2D eigenvalue weighted by molar-refractivity contribution is 5.08. The van der Waals surface area contributed by atoms with Gasteiger partial charge in [0.25, 0.3) is 5.56 Å². The minimum atomic E-state index is -4.61. The summed E-state index contributed by atoms with van der Waals surface area (Å²) in [5.74, 6) is -1.45. The molecule has 1 N–H and O–H groups in total. The van der Waals surface area contributed by atoms with Crippen LogP contribution in [0.4, 0.5) is 13.2 Å². The van der Waals surface area contributed by atoms with Crippen LogP contribution in [-0.4, -0.2) is 9.97 Å². The van der Waals surface area contributed by atoms with Crippen LogP contribution in [0.1, 0.15) is 31.3 Å². The molecule has 0 amide bonds. The first-order valence-electron chi connectivity index (χ1n) is 3.99. The van der Waals surface area contributed by atoms with Crippen molar-refractivity contribution >= 4 is 0 Å². The smallest absolute Gasteiger partial charge is 0.303 e. The van der Waals surface area contributed by atoms with Gasteiger partial charge >= 0.3 is 6.18 Å². The Morgan fingerprint density at radius 3 is 2.43 bits per heavy atom. The number of H-pyrrole nitrogens is 1. The lowest BCUT2D eigenvalue weighted by molar-refractivity contribution is -0.145. The Hall–Kier alpha value is -1.33. The van der Waals surface area contributed by atoms with Crippen molar-refractivity contribution in [3.63, 3.8) is 0 Å². The van der Waals surface area contributed by atoms with Gasteiger partial charge in [-0.1, -0.05) is 13.8 Å². The van der Waals surface area contributed by atoms with E-state index < -0.39 is 17.6 Å². The monoisotopic (exact) mass is 206 g/mol. The average molecular weight is 206 g/mol. The van der Waals surface area contributed by atoms with Crippen LogP contribution < -0.4 is 5.56 Å². The fraction of sp³-hybridized carbons (Fsp3) is 0.500. The lowest BCUT2D eigenvalue weighted by Gasteiger charge is -2.08. The van der Waals surface area contributed by atoms with E-state index in [-0.39, 0.29) is 11.6 Å². The zero-order valence-electron chi connectivity index (χ0n) is 7.64. The summed E-state index contributed by atoms with van der Waals surface area (Å²) in [5, 5.41) is 0. The molecule has 1 aromatic rings. The van der Waals surface area contributed by atoms with Gasteiger partial charge in [-0.25, -0.2) is 4.98 Å². The Kier molecular flexibility index (Phi) is 2.64. The molecule has 0 aliphatic rings. The van der Waals surface area contributed by atoms with Crippen molar-refractivity contribution in [2.45, 2.75) is 25.9 Å². The van der Waals surface area contributed by atoms with Gasteiger partial charge in [0, 0.05) is 6.07 Å². The first kappa shape index (κ1) is 10.7. The molecule has 14 heavy (non-hydrogen) atoms. The third kappa shape index (κ3) is 2.34. The molecule has 0 aliphatic heterocycles. The maximum absolute atomic E-state index is 12.2. The average Bonchev–Trinajstić information content (AvgIpc) is 2.01. The number of aromatic nitrogens is 2. The molecule has 3 nitrogen and oxygen atoms in total. The molecule has 0 bridgehead atoms. The van der Waals surface area contributed by atoms with Crippen LogP contribution >= 0.6 is 0 Å². The SMILES string of the molecule is CC(C)c1cc(=O)[nH]c(C(F)(F)F)n1. The Balaban J connectivity index is 3.28. The van der Waals surface area contributed by atoms with Crippen molar-refractivity contribution in [2.75, 3.05) is 0 Å². The van der Waals surface area contributed by atoms with Crippen molar-refractivity contribution in [3.05, 3.63) is 27.9 Å². The Labute approximate surface area is 78.0 Å². The van der Waals surface area contributed by atoms with Crippen LogP contribution in [0.25, 0.3) is 0 Å². The molecule has 0 saturated heterocycles. The zero-order valence-corrected chi connectivity index (χ0v) is 7.64. The molecule has 1 rings (SSSR count). The third-order valence-electron chi connectivity index (χ3n) is 1.62. The molecule has 0 aromatic carbocycles. The van der Waals surface area contributed by atoms with E-state index in [1.165, 1.54) is 0 Å². The van der Waals surface area contributed by atoms with E-state index in [1.807, 2.05) is 0 Å². The van der Waals surface area contributed by atoms with Gasteiger partial charge < -0.3 is 4.98 Å². The van der Waals surface area contributed by atoms with E-state index in [0.29, 0.717) is 0 Å². The molecule has 0 saturated carbocycles. The van der Waals surface area contributed by atoms with Crippen LogP contribution in [0.3, 0.4) is 0 Å². The molecule has 0 radical (unpaired) electrons. The lowest BCUT2D eigenvalue weighted by Crippen LogP contribution is -2.20. The molecule has 6 heteroatoms. The molecular weight excluding hydrogens is 197 g/mol. The molecule has 78 valence electrons. The van der Waals surface area contributed by atoms with Gasteiger partial charge in [-0.2, -0.15) is 13.2 Å². The maximum atomic E-state index is 12.2. The topological polar surface area (TPSA) is 45.8 Å². The van der Waals surface area contributed by atoms with Gasteiger partial charge in [-0.3, -0.25) is 4.79 Å². The standard InChI is InChI=1S/C8H9F3N2O/c1-4(2)5-3-6(14)13-7(12-5)8(9,10)11/h3-4H,1-2H3,(H,12,13,14). The van der Waals surface area contributed by atoms with Gasteiger partial charge in [-0.05, 0) is 5.92 Å². The molecule has 1 heterocycles. The highest BCUT2D eigenvalue weighted by Gasteiger charge is 2.34. The molecule has 0 spiro atoms. The predicted octanol–water partition coefficient (Wildman–Crippen LogP) is 1.91. The normalized spacial score (nSPS) is 12.1. The maximum Gasteiger partial charge on any atom is 0.449 e. The number of rotatable bonds is 1. The summed E-state index contributed by atoms with van der Waals surface area (Å²) in [4.78, 5) is 15.8. The Morgan fingerprint density at radius 1 is 1.43 bits per heavy atom. The predicted molar refractivity (Wildman–Crippen MR) is 43.9 cm³/mol. The van der Waals surface area contributed by atoms with Gasteiger partial charge in [0.05, 0.1) is 5.69 Å². The van der Waals surface area contributed by atoms with Crippen molar-refractivity contribution < 1.29 is 13.2 Å². The van der Waals surface area contributed by atoms with Crippen LogP contribution in [0, 0.1) is 0 Å². The quantitative estimate of drug-likeness (QED) is 0.762. The van der Waals surface area contributed by atoms with Crippen molar-refractivity contribution in [1.82, 2.24) is 9.97 Å². The van der Waals surface area contributed by atoms with Gasteiger partial charge in [0.15, 0.2) is 0 Å². The van der Waals surface area contributed by atoms with Crippen LogP contribution in [0.5, 0.6) is 0 Å². The first-order chi connectivity index (χ1) is 6.30. The summed E-state index contributed by atoms with van der Waals surface area (Å²) in [6, 6.07) is 1.07. The Morgan fingerprint density at radius 2 is 2.00 bits per heavy atom. The van der Waals surface area contributed by atoms with E-state index in [1.54, 1.807) is 18.8 Å². The number of halogens is 3. The largest absolute Gasteiger partial charge is 0.449 e. The molecule has 0 aliphatic carbocycles. The number of nitrogens with zero attached hydrogens (tertiary/aromatic N) is 1. The zero-order chi connectivity index (χ0) is 10.9. The van der Waals surface area contributed by atoms with Gasteiger partial charge in [0.1, 0.15) is 0 Å². The lowest BCUT2D eigenvalue weighted by atomic mass is 10.1. The van der Waals surface area contributed by atoms with Crippen molar-refractivity contribution in [1.29, 1.82) is 0 Å². The molecular formula is C8H9F3N2O. The second-order valence-electron chi connectivity index (χ2n) is 3.17. The summed E-state index contributed by atoms with van der Waals surface area (Å²) in [6.45, 7) is 3.34. The minimum Gasteiger partial charge on any atom is -0.303 e. The van der Waals surface area contributed by atoms with Crippen molar-refractivity contribution in [3.8, 4) is 0 Å². The van der Waals surface area contributed by atoms with E-state index in [4.69, 9.17) is 0 Å². The fourth-order valence-electron chi connectivity index (χ4n) is 0.906. The molecule has 0 unspecified atom stereocenters. The minimum absolute atomic E-state index is 0.140. The summed E-state index contributed by atoms with van der Waals surface area (Å²) < 4.78 is 36.5. The number of nitrogens with one attached hydrogen (secondary N) is 1. The second-order valence-corrected chi connectivity index (χ2v) is 3.17. The van der Waals surface area contributed by atoms with Crippen LogP contribution in [-0.2, 0) is 6.18 Å². The highest BCUT2D eigenvalue weighted by atomic mass is 19.4. The third-order valence-corrected chi connectivity index (χ3v) is 1.62. The number of alkyl halides is 3. The summed E-state index contributed by atoms with van der Waals surface area (Å²) in [6.07, 6.45) is -4.61. The molecule has 0 fully saturated rings. The highest BCUT2D eigenvalue weighted by Crippen LogP contribution is 2.25. The van der Waals surface area contributed by atoms with Crippen LogP contribution in [0.15, 0.2) is 10.9 Å². The van der Waals surface area contributed by atoms with Crippen molar-refractivity contribution in [2.24, 2.45) is 0 Å². The van der Waals surface area contributed by atoms with Gasteiger partial charge in [0.2, 0.25) is 5.82 Å². The van der Waals surface area contributed by atoms with E-state index in [0.717, 1.165) is 6.07 Å². The van der Waals surface area contributed by atoms with E-state index in [9.17, 15) is 18.0 Å². The van der Waals surface area contributed by atoms with Gasteiger partial charge in [-0.15, -0.1) is 0 Å². The second kappa shape index (κ2) is 3.43. The Bertz CT molecular complexity index is 381. The number of hydrogen-bond acceptors (Lipinski definition) is 2. The summed E-state index contributed by atoms with van der Waals surface area (Å²) in [5.41, 5.74) is -0.642. The van der Waals surface area contributed by atoms with E-state index >= 15 is 0 Å². The number of hydrogen-bond donors (Lipinski definition) is 1. The summed E-state index contributed by atoms with van der Waals surface area (Å²) in [7, 11) is 0. The number of aromatic amines is 1. The fourth-order valence-corrected chi connectivity index (χ4v) is 0.906. The first-order valence-corrected chi connectivity index (χ1v) is 3.99. The molecule has 0 atom stereocenters. The summed E-state index contributed by atoms with van der Waals surface area (Å²) >= 11 is 0. The van der Waals surface area contributed by atoms with Crippen LogP contribution in [0.2, 0.25) is 0 Å².